The number of rotatable bonds is 9. The Balaban J connectivity index is 1.41. The van der Waals surface area contributed by atoms with Gasteiger partial charge in [-0.15, -0.1) is 0 Å². The van der Waals surface area contributed by atoms with Crippen molar-refractivity contribution in [3.63, 3.8) is 0 Å². The van der Waals surface area contributed by atoms with Gasteiger partial charge in [0.15, 0.2) is 6.61 Å². The molecular formula is C27H26BrClN2O5. The highest BCUT2D eigenvalue weighted by Crippen LogP contribution is 2.30. The second kappa shape index (κ2) is 12.6. The van der Waals surface area contributed by atoms with Gasteiger partial charge < -0.3 is 20.1 Å². The molecule has 0 unspecified atom stereocenters. The lowest BCUT2D eigenvalue weighted by Gasteiger charge is -2.12. The van der Waals surface area contributed by atoms with Gasteiger partial charge in [-0.1, -0.05) is 29.8 Å². The molecule has 2 amide bonds. The van der Waals surface area contributed by atoms with Crippen LogP contribution in [0.4, 0.5) is 11.4 Å². The maximum absolute atomic E-state index is 12.2. The van der Waals surface area contributed by atoms with Gasteiger partial charge in [0.25, 0.3) is 5.91 Å². The van der Waals surface area contributed by atoms with Crippen LogP contribution >= 0.6 is 27.5 Å². The zero-order valence-electron chi connectivity index (χ0n) is 20.1. The first-order valence-electron chi connectivity index (χ1n) is 11.2. The molecule has 0 spiro atoms. The molecule has 2 N–H and O–H groups in total. The first-order valence-corrected chi connectivity index (χ1v) is 12.3. The summed E-state index contributed by atoms with van der Waals surface area (Å²) in [5, 5.41) is 5.82. The molecule has 0 aromatic heterocycles. The summed E-state index contributed by atoms with van der Waals surface area (Å²) in [6.07, 6.45) is -0.238. The molecule has 0 aliphatic rings. The van der Waals surface area contributed by atoms with Gasteiger partial charge in [0.1, 0.15) is 11.5 Å². The predicted molar refractivity (Wildman–Crippen MR) is 144 cm³/mol. The molecule has 3 aromatic rings. The molecule has 0 saturated heterocycles. The third kappa shape index (κ3) is 7.83. The largest absolute Gasteiger partial charge is 0.457 e. The monoisotopic (exact) mass is 572 g/mol. The van der Waals surface area contributed by atoms with Crippen LogP contribution in [0.3, 0.4) is 0 Å². The topological polar surface area (TPSA) is 93.7 Å². The molecule has 0 atom stereocenters. The Hall–Kier alpha value is -3.36. The first kappa shape index (κ1) is 27.2. The second-order valence-electron chi connectivity index (χ2n) is 8.19. The highest BCUT2D eigenvalue weighted by Gasteiger charge is 2.13. The number of halogens is 2. The maximum atomic E-state index is 12.2. The zero-order valence-corrected chi connectivity index (χ0v) is 22.5. The van der Waals surface area contributed by atoms with Crippen molar-refractivity contribution in [1.29, 1.82) is 0 Å². The van der Waals surface area contributed by atoms with E-state index in [1.807, 2.05) is 39.0 Å². The summed E-state index contributed by atoms with van der Waals surface area (Å²) in [6.45, 7) is 5.31. The van der Waals surface area contributed by atoms with Gasteiger partial charge in [-0.2, -0.15) is 0 Å². The lowest BCUT2D eigenvalue weighted by Crippen LogP contribution is -2.22. The van der Waals surface area contributed by atoms with Crippen LogP contribution in [0, 0.1) is 20.8 Å². The van der Waals surface area contributed by atoms with E-state index >= 15 is 0 Å². The van der Waals surface area contributed by atoms with Crippen molar-refractivity contribution in [2.24, 2.45) is 0 Å². The van der Waals surface area contributed by atoms with E-state index in [0.717, 1.165) is 22.4 Å². The average Bonchev–Trinajstić information content (AvgIpc) is 2.83. The summed E-state index contributed by atoms with van der Waals surface area (Å²) in [5.41, 5.74) is 3.96. The fraction of sp³-hybridized carbons (Fsp3) is 0.222. The predicted octanol–water partition coefficient (Wildman–Crippen LogP) is 6.72. The minimum atomic E-state index is -0.650. The number of esters is 1. The molecule has 188 valence electrons. The summed E-state index contributed by atoms with van der Waals surface area (Å²) < 4.78 is 11.7. The van der Waals surface area contributed by atoms with Crippen LogP contribution < -0.4 is 15.4 Å². The van der Waals surface area contributed by atoms with Gasteiger partial charge in [0, 0.05) is 22.3 Å². The molecule has 3 rings (SSSR count). The highest BCUT2D eigenvalue weighted by atomic mass is 79.9. The molecule has 7 nitrogen and oxygen atoms in total. The van der Waals surface area contributed by atoms with Crippen LogP contribution in [-0.4, -0.2) is 24.4 Å². The number of hydrogen-bond acceptors (Lipinski definition) is 5. The number of amides is 2. The molecule has 36 heavy (non-hydrogen) atoms. The number of hydrogen-bond donors (Lipinski definition) is 2. The van der Waals surface area contributed by atoms with E-state index in [2.05, 4.69) is 26.6 Å². The van der Waals surface area contributed by atoms with Crippen LogP contribution in [0.25, 0.3) is 0 Å². The van der Waals surface area contributed by atoms with Gasteiger partial charge >= 0.3 is 5.97 Å². The third-order valence-electron chi connectivity index (χ3n) is 5.23. The fourth-order valence-corrected chi connectivity index (χ4v) is 3.93. The number of nitrogens with one attached hydrogen (secondary N) is 2. The van der Waals surface area contributed by atoms with E-state index in [0.29, 0.717) is 26.6 Å². The Morgan fingerprint density at radius 2 is 1.53 bits per heavy atom. The number of carbonyl (C=O) groups is 3. The van der Waals surface area contributed by atoms with Gasteiger partial charge in [-0.05, 0) is 89.8 Å². The summed E-state index contributed by atoms with van der Waals surface area (Å²) in [7, 11) is 0. The van der Waals surface area contributed by atoms with E-state index in [9.17, 15) is 14.4 Å². The van der Waals surface area contributed by atoms with Crippen molar-refractivity contribution in [2.75, 3.05) is 17.2 Å². The number of para-hydroxylation sites is 1. The Morgan fingerprint density at radius 1 is 0.861 bits per heavy atom. The maximum Gasteiger partial charge on any atom is 0.306 e. The third-order valence-corrected chi connectivity index (χ3v) is 6.43. The van der Waals surface area contributed by atoms with Crippen molar-refractivity contribution in [1.82, 2.24) is 0 Å². The number of carbonyl (C=O) groups excluding carboxylic acids is 3. The molecule has 0 radical (unpaired) electrons. The normalized spacial score (nSPS) is 10.5. The Labute approximate surface area is 223 Å². The zero-order chi connectivity index (χ0) is 26.2. The molecular weight excluding hydrogens is 548 g/mol. The van der Waals surface area contributed by atoms with Crippen LogP contribution in [0.15, 0.2) is 59.1 Å². The average molecular weight is 574 g/mol. The van der Waals surface area contributed by atoms with E-state index < -0.39 is 18.5 Å². The Kier molecular flexibility index (Phi) is 9.50. The lowest BCUT2D eigenvalue weighted by atomic mass is 10.1. The first-order chi connectivity index (χ1) is 17.1. The standard InChI is InChI=1S/C27H26BrClN2O5/c1-16-5-4-6-17(2)27(16)36-20-9-7-19(8-10-20)30-24(32)11-12-26(34)35-15-25(33)31-23-14-22(29)21(28)13-18(23)3/h4-10,13-14H,11-12,15H2,1-3H3,(H,30,32)(H,31,33). The number of anilines is 2. The van der Waals surface area contributed by atoms with E-state index in [-0.39, 0.29) is 18.7 Å². The summed E-state index contributed by atoms with van der Waals surface area (Å²) in [5.74, 6) is -0.0502. The van der Waals surface area contributed by atoms with Crippen LogP contribution in [0.1, 0.15) is 29.5 Å². The summed E-state index contributed by atoms with van der Waals surface area (Å²) in [4.78, 5) is 36.3. The number of aryl methyl sites for hydroxylation is 3. The SMILES string of the molecule is Cc1cc(Br)c(Cl)cc1NC(=O)COC(=O)CCC(=O)Nc1ccc(Oc2c(C)cccc2C)cc1. The minimum absolute atomic E-state index is 0.0808. The van der Waals surface area contributed by atoms with Crippen LogP contribution in [0.2, 0.25) is 5.02 Å². The number of benzene rings is 3. The lowest BCUT2D eigenvalue weighted by molar-refractivity contribution is -0.147. The van der Waals surface area contributed by atoms with Crippen molar-refractivity contribution in [3.05, 3.63) is 80.8 Å². The van der Waals surface area contributed by atoms with Crippen molar-refractivity contribution >= 4 is 56.7 Å². The smallest absolute Gasteiger partial charge is 0.306 e. The van der Waals surface area contributed by atoms with Crippen molar-refractivity contribution < 1.29 is 23.9 Å². The van der Waals surface area contributed by atoms with Gasteiger partial charge in [0.05, 0.1) is 11.4 Å². The van der Waals surface area contributed by atoms with Crippen molar-refractivity contribution in [2.45, 2.75) is 33.6 Å². The summed E-state index contributed by atoms with van der Waals surface area (Å²) >= 11 is 9.36. The minimum Gasteiger partial charge on any atom is -0.457 e. The molecule has 0 aliphatic heterocycles. The number of ether oxygens (including phenoxy) is 2. The van der Waals surface area contributed by atoms with E-state index in [4.69, 9.17) is 21.1 Å². The van der Waals surface area contributed by atoms with E-state index in [1.54, 1.807) is 36.4 Å². The quantitative estimate of drug-likeness (QED) is 0.277. The molecule has 0 heterocycles. The van der Waals surface area contributed by atoms with E-state index in [1.165, 1.54) is 0 Å². The molecule has 3 aromatic carbocycles. The van der Waals surface area contributed by atoms with Crippen LogP contribution in [-0.2, 0) is 19.1 Å². The molecule has 0 bridgehead atoms. The molecule has 9 heteroatoms. The summed E-state index contributed by atoms with van der Waals surface area (Å²) in [6, 6.07) is 16.3. The molecule has 0 aliphatic carbocycles. The van der Waals surface area contributed by atoms with Gasteiger partial charge in [0.2, 0.25) is 5.91 Å². The second-order valence-corrected chi connectivity index (χ2v) is 9.45. The van der Waals surface area contributed by atoms with Gasteiger partial charge in [-0.25, -0.2) is 0 Å². The molecule has 0 fully saturated rings. The fourth-order valence-electron chi connectivity index (χ4n) is 3.31. The van der Waals surface area contributed by atoms with Gasteiger partial charge in [-0.3, -0.25) is 14.4 Å². The molecule has 0 saturated carbocycles. The highest BCUT2D eigenvalue weighted by molar-refractivity contribution is 9.10. The van der Waals surface area contributed by atoms with Crippen LogP contribution in [0.5, 0.6) is 11.5 Å². The van der Waals surface area contributed by atoms with Crippen molar-refractivity contribution in [3.8, 4) is 11.5 Å². The Bertz CT molecular complexity index is 1260. The Morgan fingerprint density at radius 3 is 2.19 bits per heavy atom.